The van der Waals surface area contributed by atoms with Gasteiger partial charge in [0.1, 0.15) is 0 Å². The van der Waals surface area contributed by atoms with Crippen LogP contribution in [0.3, 0.4) is 0 Å². The number of carbonyl (C=O) groups excluding carboxylic acids is 1. The minimum Gasteiger partial charge on any atom is -0.334 e. The van der Waals surface area contributed by atoms with Gasteiger partial charge in [-0.1, -0.05) is 6.07 Å². The molecule has 1 aliphatic heterocycles. The maximum absolute atomic E-state index is 12.9. The molecule has 0 aliphatic carbocycles. The van der Waals surface area contributed by atoms with Crippen LogP contribution in [0.25, 0.3) is 11.0 Å². The maximum Gasteiger partial charge on any atom is 0.416 e. The summed E-state index contributed by atoms with van der Waals surface area (Å²) in [4.78, 5) is 23.0. The van der Waals surface area contributed by atoms with E-state index in [4.69, 9.17) is 0 Å². The van der Waals surface area contributed by atoms with Crippen LogP contribution in [0, 0.1) is 0 Å². The van der Waals surface area contributed by atoms with E-state index in [1.54, 1.807) is 11.1 Å². The number of carbonyl (C=O) groups is 1. The zero-order valence-corrected chi connectivity index (χ0v) is 13.6. The number of amides is 1. The van der Waals surface area contributed by atoms with E-state index in [9.17, 15) is 18.0 Å². The highest BCUT2D eigenvalue weighted by Gasteiger charge is 2.31. The SMILES string of the molecule is O=C(c1cccc(C(F)(F)F)c1)N1CCc2nc3ncccc3cc2C1. The summed E-state index contributed by atoms with van der Waals surface area (Å²) in [6.45, 7) is 0.732. The predicted molar refractivity (Wildman–Crippen MR) is 89.4 cm³/mol. The molecule has 0 spiro atoms. The van der Waals surface area contributed by atoms with Gasteiger partial charge in [0.25, 0.3) is 5.91 Å². The van der Waals surface area contributed by atoms with Gasteiger partial charge in [0, 0.05) is 42.4 Å². The highest BCUT2D eigenvalue weighted by atomic mass is 19.4. The Morgan fingerprint density at radius 2 is 1.96 bits per heavy atom. The monoisotopic (exact) mass is 357 g/mol. The molecule has 3 heterocycles. The van der Waals surface area contributed by atoms with Crippen molar-refractivity contribution in [1.29, 1.82) is 0 Å². The Hall–Kier alpha value is -2.96. The van der Waals surface area contributed by atoms with E-state index in [1.165, 1.54) is 12.1 Å². The number of benzene rings is 1. The van der Waals surface area contributed by atoms with E-state index >= 15 is 0 Å². The van der Waals surface area contributed by atoms with E-state index in [0.29, 0.717) is 25.2 Å². The van der Waals surface area contributed by atoms with E-state index in [0.717, 1.165) is 28.8 Å². The molecule has 3 aromatic rings. The van der Waals surface area contributed by atoms with Crippen molar-refractivity contribution in [1.82, 2.24) is 14.9 Å². The average Bonchev–Trinajstić information content (AvgIpc) is 2.64. The molecule has 0 saturated heterocycles. The standard InChI is InChI=1S/C19H14F3N3O/c20-19(21,22)15-5-1-3-13(10-15)18(26)25-8-6-16-14(11-25)9-12-4-2-7-23-17(12)24-16/h1-5,7,9-10H,6,8,11H2. The summed E-state index contributed by atoms with van der Waals surface area (Å²) in [5.41, 5.74) is 1.66. The van der Waals surface area contributed by atoms with Crippen molar-refractivity contribution in [3.05, 3.63) is 71.0 Å². The molecule has 4 nitrogen and oxygen atoms in total. The zero-order chi connectivity index (χ0) is 18.3. The third-order valence-electron chi connectivity index (χ3n) is 4.46. The number of nitrogens with zero attached hydrogens (tertiary/aromatic N) is 3. The van der Waals surface area contributed by atoms with Gasteiger partial charge in [0.05, 0.1) is 5.56 Å². The molecule has 1 amide bonds. The van der Waals surface area contributed by atoms with Gasteiger partial charge in [0.2, 0.25) is 0 Å². The van der Waals surface area contributed by atoms with Crippen molar-refractivity contribution in [2.75, 3.05) is 6.54 Å². The van der Waals surface area contributed by atoms with Gasteiger partial charge < -0.3 is 4.90 Å². The molecule has 4 rings (SSSR count). The smallest absolute Gasteiger partial charge is 0.334 e. The third kappa shape index (κ3) is 3.00. The van der Waals surface area contributed by atoms with Crippen LogP contribution in [0.4, 0.5) is 13.2 Å². The van der Waals surface area contributed by atoms with Crippen LogP contribution in [0.1, 0.15) is 27.2 Å². The van der Waals surface area contributed by atoms with Crippen molar-refractivity contribution in [3.63, 3.8) is 0 Å². The molecule has 0 saturated carbocycles. The van der Waals surface area contributed by atoms with Crippen LogP contribution < -0.4 is 0 Å². The van der Waals surface area contributed by atoms with E-state index in [2.05, 4.69) is 9.97 Å². The van der Waals surface area contributed by atoms with Gasteiger partial charge in [-0.05, 0) is 42.0 Å². The predicted octanol–water partition coefficient (Wildman–Crippen LogP) is 3.85. The first kappa shape index (κ1) is 16.5. The number of alkyl halides is 3. The average molecular weight is 357 g/mol. The fourth-order valence-corrected chi connectivity index (χ4v) is 3.15. The molecule has 0 unspecified atom stereocenters. The summed E-state index contributed by atoms with van der Waals surface area (Å²) in [5, 5.41) is 0.875. The van der Waals surface area contributed by atoms with Crippen molar-refractivity contribution in [3.8, 4) is 0 Å². The second-order valence-electron chi connectivity index (χ2n) is 6.20. The number of rotatable bonds is 1. The van der Waals surface area contributed by atoms with Gasteiger partial charge in [-0.25, -0.2) is 9.97 Å². The number of fused-ring (bicyclic) bond motifs is 2. The molecule has 0 atom stereocenters. The summed E-state index contributed by atoms with van der Waals surface area (Å²) >= 11 is 0. The van der Waals surface area contributed by atoms with Crippen LogP contribution in [0.5, 0.6) is 0 Å². The lowest BCUT2D eigenvalue weighted by Crippen LogP contribution is -2.36. The number of halogens is 3. The molecule has 0 fully saturated rings. The van der Waals surface area contributed by atoms with Crippen LogP contribution in [-0.2, 0) is 19.1 Å². The topological polar surface area (TPSA) is 46.1 Å². The third-order valence-corrected chi connectivity index (χ3v) is 4.46. The fraction of sp³-hybridized carbons (Fsp3) is 0.211. The van der Waals surface area contributed by atoms with Crippen molar-refractivity contribution in [2.24, 2.45) is 0 Å². The highest BCUT2D eigenvalue weighted by molar-refractivity contribution is 5.94. The maximum atomic E-state index is 12.9. The van der Waals surface area contributed by atoms with Crippen LogP contribution >= 0.6 is 0 Å². The van der Waals surface area contributed by atoms with Crippen molar-refractivity contribution in [2.45, 2.75) is 19.1 Å². The highest BCUT2D eigenvalue weighted by Crippen LogP contribution is 2.30. The Bertz CT molecular complexity index is 1000. The van der Waals surface area contributed by atoms with Crippen molar-refractivity contribution < 1.29 is 18.0 Å². The Labute approximate surface area is 147 Å². The molecule has 2 aromatic heterocycles. The number of hydrogen-bond donors (Lipinski definition) is 0. The first-order valence-electron chi connectivity index (χ1n) is 8.12. The summed E-state index contributed by atoms with van der Waals surface area (Å²) in [6.07, 6.45) is -2.25. The molecule has 132 valence electrons. The normalized spacial score (nSPS) is 14.3. The van der Waals surface area contributed by atoms with E-state index in [-0.39, 0.29) is 5.56 Å². The van der Waals surface area contributed by atoms with Gasteiger partial charge in [-0.2, -0.15) is 13.2 Å². The fourth-order valence-electron chi connectivity index (χ4n) is 3.15. The largest absolute Gasteiger partial charge is 0.416 e. The number of hydrogen-bond acceptors (Lipinski definition) is 3. The van der Waals surface area contributed by atoms with Gasteiger partial charge in [-0.3, -0.25) is 4.79 Å². The van der Waals surface area contributed by atoms with Gasteiger partial charge in [0.15, 0.2) is 5.65 Å². The van der Waals surface area contributed by atoms with Crippen molar-refractivity contribution >= 4 is 16.9 Å². The summed E-state index contributed by atoms with van der Waals surface area (Å²) < 4.78 is 38.6. The Balaban J connectivity index is 1.62. The number of pyridine rings is 2. The van der Waals surface area contributed by atoms with Crippen LogP contribution in [0.2, 0.25) is 0 Å². The molecule has 1 aliphatic rings. The van der Waals surface area contributed by atoms with Gasteiger partial charge >= 0.3 is 6.18 Å². The summed E-state index contributed by atoms with van der Waals surface area (Å²) in [5.74, 6) is -0.409. The first-order valence-corrected chi connectivity index (χ1v) is 8.12. The van der Waals surface area contributed by atoms with E-state index < -0.39 is 17.6 Å². The minimum atomic E-state index is -4.47. The second kappa shape index (κ2) is 6.09. The Morgan fingerprint density at radius 3 is 2.77 bits per heavy atom. The molecule has 1 aromatic carbocycles. The first-order chi connectivity index (χ1) is 12.4. The quantitative estimate of drug-likeness (QED) is 0.665. The van der Waals surface area contributed by atoms with Gasteiger partial charge in [-0.15, -0.1) is 0 Å². The molecular weight excluding hydrogens is 343 g/mol. The minimum absolute atomic E-state index is 0.0405. The van der Waals surface area contributed by atoms with E-state index in [1.807, 2.05) is 18.2 Å². The molecule has 0 bridgehead atoms. The molecular formula is C19H14F3N3O. The number of aromatic nitrogens is 2. The Kier molecular flexibility index (Phi) is 3.86. The summed E-state index contributed by atoms with van der Waals surface area (Å²) in [7, 11) is 0. The summed E-state index contributed by atoms with van der Waals surface area (Å²) in [6, 6.07) is 10.2. The molecule has 0 radical (unpaired) electrons. The molecule has 7 heteroatoms. The zero-order valence-electron chi connectivity index (χ0n) is 13.6. The lowest BCUT2D eigenvalue weighted by Gasteiger charge is -2.28. The lowest BCUT2D eigenvalue weighted by molar-refractivity contribution is -0.137. The van der Waals surface area contributed by atoms with Crippen LogP contribution in [-0.4, -0.2) is 27.3 Å². The Morgan fingerprint density at radius 1 is 1.12 bits per heavy atom. The lowest BCUT2D eigenvalue weighted by atomic mass is 10.0. The molecule has 0 N–H and O–H groups in total. The molecule has 26 heavy (non-hydrogen) atoms. The second-order valence-corrected chi connectivity index (χ2v) is 6.20. The van der Waals surface area contributed by atoms with Crippen LogP contribution in [0.15, 0.2) is 48.7 Å².